The van der Waals surface area contributed by atoms with Crippen LogP contribution in [0.3, 0.4) is 0 Å². The summed E-state index contributed by atoms with van der Waals surface area (Å²) in [6.07, 6.45) is 0.957. The molecular formula is C21H29NO4. The number of ether oxygens (including phenoxy) is 2. The fourth-order valence-electron chi connectivity index (χ4n) is 4.15. The summed E-state index contributed by atoms with van der Waals surface area (Å²) in [5.74, 6) is 0.119. The van der Waals surface area contributed by atoms with Crippen LogP contribution in [0.4, 0.5) is 4.79 Å². The van der Waals surface area contributed by atoms with Crippen molar-refractivity contribution in [2.75, 3.05) is 13.2 Å². The number of benzene rings is 1. The largest absolute Gasteiger partial charge is 0.444 e. The molecule has 2 bridgehead atoms. The molecule has 3 rings (SSSR count). The minimum absolute atomic E-state index is 0.0765. The number of carbonyl (C=O) groups is 2. The quantitative estimate of drug-likeness (QED) is 0.752. The summed E-state index contributed by atoms with van der Waals surface area (Å²) in [5, 5.41) is 0. The number of hydrogen-bond donors (Lipinski definition) is 0. The first kappa shape index (κ1) is 18.9. The van der Waals surface area contributed by atoms with E-state index in [0.29, 0.717) is 26.1 Å². The van der Waals surface area contributed by atoms with Gasteiger partial charge in [0.05, 0.1) is 25.3 Å². The van der Waals surface area contributed by atoms with Gasteiger partial charge >= 0.3 is 6.09 Å². The third-order valence-corrected chi connectivity index (χ3v) is 5.22. The van der Waals surface area contributed by atoms with E-state index in [-0.39, 0.29) is 29.9 Å². The standard InChI is InChI=1S/C21H29NO4/c1-13-7-6-8-14(2)18(13)19(23)15-9-16-11-25-12-17(10-15)22(16)20(24)26-21(3,4)5/h6-8,15-17H,9-12H2,1-5H3. The van der Waals surface area contributed by atoms with E-state index in [0.717, 1.165) is 16.7 Å². The van der Waals surface area contributed by atoms with E-state index < -0.39 is 5.60 Å². The molecule has 0 aromatic heterocycles. The van der Waals surface area contributed by atoms with Crippen molar-refractivity contribution in [1.29, 1.82) is 0 Å². The molecule has 2 unspecified atom stereocenters. The molecule has 0 saturated carbocycles. The van der Waals surface area contributed by atoms with Gasteiger partial charge in [-0.3, -0.25) is 9.69 Å². The number of aryl methyl sites for hydroxylation is 2. The first-order chi connectivity index (χ1) is 12.2. The lowest BCUT2D eigenvalue weighted by Gasteiger charge is -2.48. The molecule has 2 fully saturated rings. The van der Waals surface area contributed by atoms with Crippen molar-refractivity contribution >= 4 is 11.9 Å². The Bertz CT molecular complexity index is 672. The Morgan fingerprint density at radius 3 is 2.12 bits per heavy atom. The van der Waals surface area contributed by atoms with Gasteiger partial charge in [-0.2, -0.15) is 0 Å². The first-order valence-corrected chi connectivity index (χ1v) is 9.37. The minimum Gasteiger partial charge on any atom is -0.444 e. The molecule has 26 heavy (non-hydrogen) atoms. The van der Waals surface area contributed by atoms with E-state index in [2.05, 4.69) is 0 Å². The highest BCUT2D eigenvalue weighted by molar-refractivity contribution is 6.00. The molecule has 2 aliphatic heterocycles. The maximum atomic E-state index is 13.2. The average Bonchev–Trinajstić information content (AvgIpc) is 2.51. The lowest BCUT2D eigenvalue weighted by atomic mass is 9.79. The Kier molecular flexibility index (Phi) is 5.11. The van der Waals surface area contributed by atoms with Crippen LogP contribution in [0.2, 0.25) is 0 Å². The zero-order valence-corrected chi connectivity index (χ0v) is 16.4. The fraction of sp³-hybridized carbons (Fsp3) is 0.619. The van der Waals surface area contributed by atoms with Crippen molar-refractivity contribution in [2.24, 2.45) is 5.92 Å². The summed E-state index contributed by atoms with van der Waals surface area (Å²) < 4.78 is 11.2. The predicted octanol–water partition coefficient (Wildman–Crippen LogP) is 3.90. The number of fused-ring (bicyclic) bond motifs is 2. The topological polar surface area (TPSA) is 55.8 Å². The molecule has 2 aliphatic rings. The zero-order chi connectivity index (χ0) is 19.1. The Morgan fingerprint density at radius 2 is 1.62 bits per heavy atom. The van der Waals surface area contributed by atoms with Crippen LogP contribution in [0, 0.1) is 19.8 Å². The summed E-state index contributed by atoms with van der Waals surface area (Å²) in [5.41, 5.74) is 2.34. The van der Waals surface area contributed by atoms with Crippen molar-refractivity contribution in [1.82, 2.24) is 4.90 Å². The Balaban J connectivity index is 1.79. The van der Waals surface area contributed by atoms with Crippen molar-refractivity contribution in [2.45, 2.75) is 65.1 Å². The van der Waals surface area contributed by atoms with Crippen LogP contribution in [0.1, 0.15) is 55.1 Å². The number of rotatable bonds is 2. The molecule has 1 aromatic rings. The lowest BCUT2D eigenvalue weighted by molar-refractivity contribution is -0.0861. The number of ketones is 1. The van der Waals surface area contributed by atoms with Crippen molar-refractivity contribution in [3.05, 3.63) is 34.9 Å². The molecule has 5 nitrogen and oxygen atoms in total. The van der Waals surface area contributed by atoms with E-state index in [1.165, 1.54) is 0 Å². The number of carbonyl (C=O) groups excluding carboxylic acids is 2. The first-order valence-electron chi connectivity index (χ1n) is 9.37. The van der Waals surface area contributed by atoms with E-state index in [1.54, 1.807) is 0 Å². The van der Waals surface area contributed by atoms with Crippen LogP contribution >= 0.6 is 0 Å². The van der Waals surface area contributed by atoms with Gasteiger partial charge < -0.3 is 9.47 Å². The van der Waals surface area contributed by atoms with Crippen LogP contribution in [0.15, 0.2) is 18.2 Å². The molecule has 5 heteroatoms. The van der Waals surface area contributed by atoms with Gasteiger partial charge in [0, 0.05) is 11.5 Å². The Morgan fingerprint density at radius 1 is 1.08 bits per heavy atom. The molecule has 0 N–H and O–H groups in total. The van der Waals surface area contributed by atoms with Gasteiger partial charge in [-0.05, 0) is 58.6 Å². The third-order valence-electron chi connectivity index (χ3n) is 5.22. The molecular weight excluding hydrogens is 330 g/mol. The summed E-state index contributed by atoms with van der Waals surface area (Å²) >= 11 is 0. The monoisotopic (exact) mass is 359 g/mol. The lowest BCUT2D eigenvalue weighted by Crippen LogP contribution is -2.60. The summed E-state index contributed by atoms with van der Waals surface area (Å²) in [4.78, 5) is 27.7. The van der Waals surface area contributed by atoms with Gasteiger partial charge in [-0.15, -0.1) is 0 Å². The SMILES string of the molecule is Cc1cccc(C)c1C(=O)C1CC2COCC(C1)N2C(=O)OC(C)(C)C. The number of hydrogen-bond acceptors (Lipinski definition) is 4. The molecule has 1 aromatic carbocycles. The number of piperidine rings is 1. The van der Waals surface area contributed by atoms with E-state index in [4.69, 9.17) is 9.47 Å². The second-order valence-electron chi connectivity index (χ2n) is 8.53. The maximum absolute atomic E-state index is 13.2. The second-order valence-corrected chi connectivity index (χ2v) is 8.53. The minimum atomic E-state index is -0.531. The van der Waals surface area contributed by atoms with Crippen LogP contribution in [-0.2, 0) is 9.47 Å². The molecule has 0 aliphatic carbocycles. The zero-order valence-electron chi connectivity index (χ0n) is 16.4. The average molecular weight is 359 g/mol. The number of morpholine rings is 1. The molecule has 0 spiro atoms. The van der Waals surface area contributed by atoms with Crippen LogP contribution in [0.5, 0.6) is 0 Å². The Hall–Kier alpha value is -1.88. The highest BCUT2D eigenvalue weighted by Crippen LogP contribution is 2.35. The van der Waals surface area contributed by atoms with Gasteiger partial charge in [0.1, 0.15) is 5.60 Å². The molecule has 1 amide bonds. The van der Waals surface area contributed by atoms with Gasteiger partial charge in [0.2, 0.25) is 0 Å². The number of Topliss-reactive ketones (excluding diaryl/α,β-unsaturated/α-hetero) is 1. The highest BCUT2D eigenvalue weighted by Gasteiger charge is 2.45. The predicted molar refractivity (Wildman–Crippen MR) is 99.4 cm³/mol. The summed E-state index contributed by atoms with van der Waals surface area (Å²) in [7, 11) is 0. The fourth-order valence-corrected chi connectivity index (χ4v) is 4.15. The third kappa shape index (κ3) is 3.78. The molecule has 0 radical (unpaired) electrons. The normalized spacial score (nSPS) is 25.7. The van der Waals surface area contributed by atoms with Crippen LogP contribution < -0.4 is 0 Å². The molecule has 2 saturated heterocycles. The van der Waals surface area contributed by atoms with Crippen molar-refractivity contribution in [3.63, 3.8) is 0 Å². The van der Waals surface area contributed by atoms with Crippen molar-refractivity contribution in [3.8, 4) is 0 Å². The smallest absolute Gasteiger partial charge is 0.410 e. The molecule has 142 valence electrons. The highest BCUT2D eigenvalue weighted by atomic mass is 16.6. The number of nitrogens with zero attached hydrogens (tertiary/aromatic N) is 1. The van der Waals surface area contributed by atoms with E-state index in [9.17, 15) is 9.59 Å². The van der Waals surface area contributed by atoms with Crippen molar-refractivity contribution < 1.29 is 19.1 Å². The van der Waals surface area contributed by atoms with E-state index >= 15 is 0 Å². The van der Waals surface area contributed by atoms with Gasteiger partial charge in [-0.25, -0.2) is 4.79 Å². The second kappa shape index (κ2) is 7.03. The van der Waals surface area contributed by atoms with Gasteiger partial charge in [-0.1, -0.05) is 18.2 Å². The van der Waals surface area contributed by atoms with Crippen LogP contribution in [0.25, 0.3) is 0 Å². The molecule has 2 atom stereocenters. The Labute approximate surface area is 155 Å². The van der Waals surface area contributed by atoms with Gasteiger partial charge in [0.25, 0.3) is 0 Å². The summed E-state index contributed by atoms with van der Waals surface area (Å²) in [6, 6.07) is 5.75. The van der Waals surface area contributed by atoms with Crippen LogP contribution in [-0.4, -0.2) is 47.7 Å². The number of amides is 1. The van der Waals surface area contributed by atoms with Gasteiger partial charge in [0.15, 0.2) is 5.78 Å². The molecule has 2 heterocycles. The summed E-state index contributed by atoms with van der Waals surface area (Å²) in [6.45, 7) is 10.5. The maximum Gasteiger partial charge on any atom is 0.410 e. The van der Waals surface area contributed by atoms with E-state index in [1.807, 2.05) is 57.7 Å².